The number of halogens is 1. The van der Waals surface area contributed by atoms with Crippen LogP contribution in [0.25, 0.3) is 11.4 Å². The van der Waals surface area contributed by atoms with E-state index in [9.17, 15) is 4.39 Å². The van der Waals surface area contributed by atoms with Crippen LogP contribution in [0.4, 0.5) is 4.39 Å². The lowest BCUT2D eigenvalue weighted by Crippen LogP contribution is -1.91. The molecule has 0 aliphatic rings. The Kier molecular flexibility index (Phi) is 1.92. The van der Waals surface area contributed by atoms with E-state index in [2.05, 4.69) is 10.2 Å². The van der Waals surface area contributed by atoms with Crippen LogP contribution in [-0.4, -0.2) is 19.9 Å². The van der Waals surface area contributed by atoms with Gasteiger partial charge in [-0.3, -0.25) is 0 Å². The van der Waals surface area contributed by atoms with E-state index in [-0.39, 0.29) is 5.75 Å². The normalized spacial score (nSPS) is 10.4. The molecule has 0 aliphatic heterocycles. The molecule has 2 aromatic rings. The van der Waals surface area contributed by atoms with Crippen LogP contribution in [0.2, 0.25) is 0 Å². The molecule has 5 heteroatoms. The molecule has 0 fully saturated rings. The van der Waals surface area contributed by atoms with Crippen molar-refractivity contribution < 1.29 is 9.50 Å². The van der Waals surface area contributed by atoms with Gasteiger partial charge in [-0.15, -0.1) is 10.2 Å². The van der Waals surface area contributed by atoms with Crippen molar-refractivity contribution in [2.75, 3.05) is 0 Å². The van der Waals surface area contributed by atoms with Crippen LogP contribution in [0.5, 0.6) is 5.75 Å². The first-order chi connectivity index (χ1) is 6.68. The zero-order valence-electron chi connectivity index (χ0n) is 7.48. The zero-order valence-corrected chi connectivity index (χ0v) is 7.48. The molecule has 14 heavy (non-hydrogen) atoms. The third-order valence-electron chi connectivity index (χ3n) is 1.92. The van der Waals surface area contributed by atoms with Crippen LogP contribution in [0, 0.1) is 5.82 Å². The molecule has 0 saturated carbocycles. The van der Waals surface area contributed by atoms with Crippen molar-refractivity contribution in [2.45, 2.75) is 0 Å². The fraction of sp³-hybridized carbons (Fsp3) is 0.111. The standard InChI is InChI=1S/C9H8FN3O/c1-13-5-11-12-9(13)6-2-3-8(14)7(10)4-6/h2-5,14H,1H3. The van der Waals surface area contributed by atoms with Crippen LogP contribution in [0.3, 0.4) is 0 Å². The van der Waals surface area contributed by atoms with Crippen LogP contribution in [0.15, 0.2) is 24.5 Å². The first-order valence-corrected chi connectivity index (χ1v) is 4.01. The van der Waals surface area contributed by atoms with E-state index in [4.69, 9.17) is 5.11 Å². The van der Waals surface area contributed by atoms with Crippen LogP contribution < -0.4 is 0 Å². The number of benzene rings is 1. The molecule has 1 heterocycles. The molecule has 0 unspecified atom stereocenters. The molecule has 0 bridgehead atoms. The maximum absolute atomic E-state index is 13.0. The molecule has 4 nitrogen and oxygen atoms in total. The van der Waals surface area contributed by atoms with E-state index < -0.39 is 5.82 Å². The Morgan fingerprint density at radius 3 is 2.79 bits per heavy atom. The van der Waals surface area contributed by atoms with E-state index in [0.29, 0.717) is 11.4 Å². The topological polar surface area (TPSA) is 50.9 Å². The van der Waals surface area contributed by atoms with Crippen LogP contribution >= 0.6 is 0 Å². The number of hydrogen-bond donors (Lipinski definition) is 1. The number of aromatic nitrogens is 3. The highest BCUT2D eigenvalue weighted by molar-refractivity contribution is 5.56. The lowest BCUT2D eigenvalue weighted by Gasteiger charge is -2.01. The van der Waals surface area contributed by atoms with Crippen molar-refractivity contribution in [3.8, 4) is 17.1 Å². The first-order valence-electron chi connectivity index (χ1n) is 4.01. The summed E-state index contributed by atoms with van der Waals surface area (Å²) < 4.78 is 14.7. The Hall–Kier alpha value is -1.91. The van der Waals surface area contributed by atoms with Gasteiger partial charge in [0.15, 0.2) is 17.4 Å². The SMILES string of the molecule is Cn1cnnc1-c1ccc(O)c(F)c1. The third kappa shape index (κ3) is 1.32. The molecular formula is C9H8FN3O. The van der Waals surface area contributed by atoms with Gasteiger partial charge >= 0.3 is 0 Å². The Bertz CT molecular complexity index is 467. The van der Waals surface area contributed by atoms with Crippen molar-refractivity contribution >= 4 is 0 Å². The van der Waals surface area contributed by atoms with Gasteiger partial charge in [0.25, 0.3) is 0 Å². The van der Waals surface area contributed by atoms with E-state index in [1.807, 2.05) is 0 Å². The van der Waals surface area contributed by atoms with Crippen molar-refractivity contribution in [1.29, 1.82) is 0 Å². The lowest BCUT2D eigenvalue weighted by molar-refractivity contribution is 0.432. The van der Waals surface area contributed by atoms with Gasteiger partial charge in [0.2, 0.25) is 0 Å². The molecule has 0 saturated heterocycles. The average Bonchev–Trinajstić information content (AvgIpc) is 2.57. The average molecular weight is 193 g/mol. The van der Waals surface area contributed by atoms with Crippen LogP contribution in [-0.2, 0) is 7.05 Å². The molecule has 0 amide bonds. The molecule has 2 rings (SSSR count). The monoisotopic (exact) mass is 193 g/mol. The number of phenols is 1. The summed E-state index contributed by atoms with van der Waals surface area (Å²) >= 11 is 0. The number of aryl methyl sites for hydroxylation is 1. The van der Waals surface area contributed by atoms with E-state index in [1.54, 1.807) is 17.7 Å². The predicted molar refractivity (Wildman–Crippen MR) is 48.1 cm³/mol. The highest BCUT2D eigenvalue weighted by Crippen LogP contribution is 2.22. The van der Waals surface area contributed by atoms with Gasteiger partial charge in [0, 0.05) is 12.6 Å². The molecule has 0 spiro atoms. The Balaban J connectivity index is 2.53. The highest BCUT2D eigenvalue weighted by Gasteiger charge is 2.07. The van der Waals surface area contributed by atoms with E-state index in [0.717, 1.165) is 0 Å². The molecule has 0 atom stereocenters. The molecule has 1 N–H and O–H groups in total. The summed E-state index contributed by atoms with van der Waals surface area (Å²) in [5.74, 6) is -0.467. The smallest absolute Gasteiger partial charge is 0.165 e. The molecule has 1 aromatic carbocycles. The van der Waals surface area contributed by atoms with Crippen LogP contribution in [0.1, 0.15) is 0 Å². The van der Waals surface area contributed by atoms with Crippen molar-refractivity contribution in [3.05, 3.63) is 30.3 Å². The Labute approximate surface area is 79.6 Å². The second-order valence-electron chi connectivity index (χ2n) is 2.93. The second kappa shape index (κ2) is 3.10. The summed E-state index contributed by atoms with van der Waals surface area (Å²) in [7, 11) is 1.76. The van der Waals surface area contributed by atoms with Crippen molar-refractivity contribution in [3.63, 3.8) is 0 Å². The molecule has 72 valence electrons. The largest absolute Gasteiger partial charge is 0.505 e. The Morgan fingerprint density at radius 1 is 1.43 bits per heavy atom. The summed E-state index contributed by atoms with van der Waals surface area (Å²) in [6.45, 7) is 0. The molecule has 1 aromatic heterocycles. The lowest BCUT2D eigenvalue weighted by atomic mass is 10.2. The minimum atomic E-state index is -0.662. The van der Waals surface area contributed by atoms with Crippen molar-refractivity contribution in [1.82, 2.24) is 14.8 Å². The molecule has 0 radical (unpaired) electrons. The Morgan fingerprint density at radius 2 is 2.21 bits per heavy atom. The van der Waals surface area contributed by atoms with Gasteiger partial charge in [-0.2, -0.15) is 0 Å². The highest BCUT2D eigenvalue weighted by atomic mass is 19.1. The maximum atomic E-state index is 13.0. The number of rotatable bonds is 1. The fourth-order valence-corrected chi connectivity index (χ4v) is 1.19. The van der Waals surface area contributed by atoms with Gasteiger partial charge in [-0.25, -0.2) is 4.39 Å². The maximum Gasteiger partial charge on any atom is 0.165 e. The summed E-state index contributed by atoms with van der Waals surface area (Å²) in [5, 5.41) is 16.5. The number of phenolic OH excluding ortho intramolecular Hbond substituents is 1. The van der Waals surface area contributed by atoms with Gasteiger partial charge in [-0.1, -0.05) is 0 Å². The van der Waals surface area contributed by atoms with Gasteiger partial charge in [-0.05, 0) is 18.2 Å². The summed E-state index contributed by atoms with van der Waals surface area (Å²) in [4.78, 5) is 0. The minimum Gasteiger partial charge on any atom is -0.505 e. The summed E-state index contributed by atoms with van der Waals surface area (Å²) in [6, 6.07) is 4.10. The third-order valence-corrected chi connectivity index (χ3v) is 1.92. The van der Waals surface area contributed by atoms with Gasteiger partial charge in [0.05, 0.1) is 0 Å². The van der Waals surface area contributed by atoms with E-state index in [1.165, 1.54) is 18.5 Å². The molecule has 0 aliphatic carbocycles. The van der Waals surface area contributed by atoms with E-state index >= 15 is 0 Å². The fourth-order valence-electron chi connectivity index (χ4n) is 1.19. The first kappa shape index (κ1) is 8.68. The summed E-state index contributed by atoms with van der Waals surface area (Å²) in [6.07, 6.45) is 1.53. The predicted octanol–water partition coefficient (Wildman–Crippen LogP) is 1.33. The van der Waals surface area contributed by atoms with Crippen molar-refractivity contribution in [2.24, 2.45) is 7.05 Å². The zero-order chi connectivity index (χ0) is 10.1. The number of aromatic hydroxyl groups is 1. The minimum absolute atomic E-state index is 0.365. The quantitative estimate of drug-likeness (QED) is 0.743. The number of hydrogen-bond acceptors (Lipinski definition) is 3. The second-order valence-corrected chi connectivity index (χ2v) is 2.93. The van der Waals surface area contributed by atoms with Gasteiger partial charge in [0.1, 0.15) is 6.33 Å². The van der Waals surface area contributed by atoms with Gasteiger partial charge < -0.3 is 9.67 Å². The summed E-state index contributed by atoms with van der Waals surface area (Å²) in [5.41, 5.74) is 0.584. The molecular weight excluding hydrogens is 185 g/mol. The number of nitrogens with zero attached hydrogens (tertiary/aromatic N) is 3.